The van der Waals surface area contributed by atoms with E-state index in [2.05, 4.69) is 24.3 Å². The number of likely N-dealkylation sites (tertiary alicyclic amines) is 1. The smallest absolute Gasteiger partial charge is 0.0135 e. The van der Waals surface area contributed by atoms with E-state index in [1.165, 1.54) is 45.2 Å². The molecule has 1 N–H and O–H groups in total. The molecule has 2 aliphatic rings. The summed E-state index contributed by atoms with van der Waals surface area (Å²) in [5.74, 6) is 1.96. The van der Waals surface area contributed by atoms with Crippen molar-refractivity contribution in [2.75, 3.05) is 27.2 Å². The standard InChI is InChI=1S/C12H24N2/c1-13-9-11(10-6-7-10)12-5-3-4-8-14(12)2/h10-13H,3-9H2,1-2H3. The van der Waals surface area contributed by atoms with Crippen molar-refractivity contribution in [3.8, 4) is 0 Å². The van der Waals surface area contributed by atoms with E-state index in [-0.39, 0.29) is 0 Å². The van der Waals surface area contributed by atoms with Crippen molar-refractivity contribution in [3.05, 3.63) is 0 Å². The number of nitrogens with zero attached hydrogens (tertiary/aromatic N) is 1. The minimum Gasteiger partial charge on any atom is -0.319 e. The van der Waals surface area contributed by atoms with Crippen LogP contribution in [0.2, 0.25) is 0 Å². The fourth-order valence-corrected chi connectivity index (χ4v) is 3.02. The topological polar surface area (TPSA) is 15.3 Å². The average molecular weight is 196 g/mol. The fourth-order valence-electron chi connectivity index (χ4n) is 3.02. The Morgan fingerprint density at radius 2 is 2.07 bits per heavy atom. The maximum absolute atomic E-state index is 3.38. The Hall–Kier alpha value is -0.0800. The lowest BCUT2D eigenvalue weighted by Crippen LogP contribution is -2.45. The van der Waals surface area contributed by atoms with Crippen molar-refractivity contribution in [1.82, 2.24) is 10.2 Å². The predicted octanol–water partition coefficient (Wildman–Crippen LogP) is 1.72. The van der Waals surface area contributed by atoms with Crippen molar-refractivity contribution >= 4 is 0 Å². The van der Waals surface area contributed by atoms with E-state index in [1.807, 2.05) is 0 Å². The monoisotopic (exact) mass is 196 g/mol. The fraction of sp³-hybridized carbons (Fsp3) is 1.00. The van der Waals surface area contributed by atoms with Crippen LogP contribution in [0.1, 0.15) is 32.1 Å². The van der Waals surface area contributed by atoms with Gasteiger partial charge in [0.05, 0.1) is 0 Å². The van der Waals surface area contributed by atoms with Crippen LogP contribution < -0.4 is 5.32 Å². The molecule has 0 amide bonds. The Kier molecular flexibility index (Phi) is 3.45. The van der Waals surface area contributed by atoms with Crippen molar-refractivity contribution in [2.45, 2.75) is 38.1 Å². The minimum absolute atomic E-state index is 0.865. The molecular weight excluding hydrogens is 172 g/mol. The molecule has 1 heterocycles. The van der Waals surface area contributed by atoms with Gasteiger partial charge in [0.25, 0.3) is 0 Å². The molecule has 1 aliphatic carbocycles. The van der Waals surface area contributed by atoms with Gasteiger partial charge in [0.15, 0.2) is 0 Å². The number of hydrogen-bond donors (Lipinski definition) is 1. The van der Waals surface area contributed by atoms with Crippen LogP contribution in [0.3, 0.4) is 0 Å². The first-order valence-electron chi connectivity index (χ1n) is 6.17. The van der Waals surface area contributed by atoms with Gasteiger partial charge in [-0.05, 0) is 64.7 Å². The molecule has 2 fully saturated rings. The van der Waals surface area contributed by atoms with E-state index in [1.54, 1.807) is 0 Å². The third-order valence-corrected chi connectivity index (χ3v) is 3.99. The van der Waals surface area contributed by atoms with Gasteiger partial charge in [0.2, 0.25) is 0 Å². The van der Waals surface area contributed by atoms with Crippen LogP contribution >= 0.6 is 0 Å². The third kappa shape index (κ3) is 2.29. The molecule has 0 aromatic carbocycles. The summed E-state index contributed by atoms with van der Waals surface area (Å²) in [7, 11) is 4.41. The van der Waals surface area contributed by atoms with Crippen LogP contribution in [0.4, 0.5) is 0 Å². The van der Waals surface area contributed by atoms with Gasteiger partial charge in [-0.25, -0.2) is 0 Å². The van der Waals surface area contributed by atoms with E-state index in [0.717, 1.165) is 17.9 Å². The molecule has 2 unspecified atom stereocenters. The zero-order valence-corrected chi connectivity index (χ0v) is 9.63. The van der Waals surface area contributed by atoms with Crippen LogP contribution in [-0.4, -0.2) is 38.1 Å². The molecule has 2 rings (SSSR count). The maximum Gasteiger partial charge on any atom is 0.0135 e. The van der Waals surface area contributed by atoms with Crippen LogP contribution in [0.5, 0.6) is 0 Å². The van der Waals surface area contributed by atoms with E-state index < -0.39 is 0 Å². The van der Waals surface area contributed by atoms with Crippen molar-refractivity contribution in [3.63, 3.8) is 0 Å². The Bertz CT molecular complexity index is 175. The summed E-state index contributed by atoms with van der Waals surface area (Å²) in [4.78, 5) is 2.60. The number of nitrogens with one attached hydrogen (secondary N) is 1. The zero-order chi connectivity index (χ0) is 9.97. The molecular formula is C12H24N2. The molecule has 0 radical (unpaired) electrons. The van der Waals surface area contributed by atoms with Crippen molar-refractivity contribution in [1.29, 1.82) is 0 Å². The van der Waals surface area contributed by atoms with E-state index in [0.29, 0.717) is 0 Å². The van der Waals surface area contributed by atoms with Gasteiger partial charge in [-0.15, -0.1) is 0 Å². The molecule has 1 saturated carbocycles. The highest BCUT2D eigenvalue weighted by Crippen LogP contribution is 2.41. The summed E-state index contributed by atoms with van der Waals surface area (Å²) in [6.45, 7) is 2.54. The summed E-state index contributed by atoms with van der Waals surface area (Å²) in [6.07, 6.45) is 7.25. The Balaban J connectivity index is 1.93. The SMILES string of the molecule is CNCC(C1CC1)C1CCCCN1C. The quantitative estimate of drug-likeness (QED) is 0.736. The predicted molar refractivity (Wildman–Crippen MR) is 60.4 cm³/mol. The molecule has 0 aromatic heterocycles. The third-order valence-electron chi connectivity index (χ3n) is 3.99. The molecule has 0 aromatic rings. The van der Waals surface area contributed by atoms with Gasteiger partial charge in [-0.3, -0.25) is 0 Å². The second kappa shape index (κ2) is 4.63. The van der Waals surface area contributed by atoms with Crippen LogP contribution in [0, 0.1) is 11.8 Å². The Labute approximate surface area is 88.1 Å². The average Bonchev–Trinajstić information content (AvgIpc) is 2.99. The molecule has 1 aliphatic heterocycles. The Morgan fingerprint density at radius 1 is 1.29 bits per heavy atom. The molecule has 2 heteroatoms. The highest BCUT2D eigenvalue weighted by atomic mass is 15.1. The summed E-state index contributed by atoms with van der Waals surface area (Å²) < 4.78 is 0. The van der Waals surface area contributed by atoms with Gasteiger partial charge >= 0.3 is 0 Å². The van der Waals surface area contributed by atoms with Crippen LogP contribution in [0.15, 0.2) is 0 Å². The van der Waals surface area contributed by atoms with Gasteiger partial charge in [-0.1, -0.05) is 6.42 Å². The lowest BCUT2D eigenvalue weighted by Gasteiger charge is -2.38. The molecule has 14 heavy (non-hydrogen) atoms. The number of hydrogen-bond acceptors (Lipinski definition) is 2. The summed E-state index contributed by atoms with van der Waals surface area (Å²) in [6, 6.07) is 0.865. The Morgan fingerprint density at radius 3 is 2.64 bits per heavy atom. The van der Waals surface area contributed by atoms with Gasteiger partial charge in [0, 0.05) is 6.04 Å². The molecule has 2 atom stereocenters. The van der Waals surface area contributed by atoms with Crippen molar-refractivity contribution < 1.29 is 0 Å². The molecule has 0 bridgehead atoms. The lowest BCUT2D eigenvalue weighted by atomic mass is 9.87. The normalized spacial score (nSPS) is 31.7. The maximum atomic E-state index is 3.38. The number of piperidine rings is 1. The first-order chi connectivity index (χ1) is 6.83. The minimum atomic E-state index is 0.865. The zero-order valence-electron chi connectivity index (χ0n) is 9.63. The van der Waals surface area contributed by atoms with Gasteiger partial charge < -0.3 is 10.2 Å². The lowest BCUT2D eigenvalue weighted by molar-refractivity contribution is 0.117. The largest absolute Gasteiger partial charge is 0.319 e. The van der Waals surface area contributed by atoms with Gasteiger partial charge in [0.1, 0.15) is 0 Å². The highest BCUT2D eigenvalue weighted by Gasteiger charge is 2.38. The van der Waals surface area contributed by atoms with Crippen LogP contribution in [-0.2, 0) is 0 Å². The van der Waals surface area contributed by atoms with E-state index in [4.69, 9.17) is 0 Å². The molecule has 1 saturated heterocycles. The van der Waals surface area contributed by atoms with Crippen LogP contribution in [0.25, 0.3) is 0 Å². The summed E-state index contributed by atoms with van der Waals surface area (Å²) >= 11 is 0. The molecule has 82 valence electrons. The second-order valence-electron chi connectivity index (χ2n) is 5.10. The van der Waals surface area contributed by atoms with E-state index in [9.17, 15) is 0 Å². The molecule has 0 spiro atoms. The summed E-state index contributed by atoms with van der Waals surface area (Å²) in [5, 5.41) is 3.38. The molecule has 2 nitrogen and oxygen atoms in total. The van der Waals surface area contributed by atoms with Gasteiger partial charge in [-0.2, -0.15) is 0 Å². The first kappa shape index (κ1) is 10.4. The highest BCUT2D eigenvalue weighted by molar-refractivity contribution is 4.91. The second-order valence-corrected chi connectivity index (χ2v) is 5.10. The first-order valence-corrected chi connectivity index (χ1v) is 6.17. The summed E-state index contributed by atoms with van der Waals surface area (Å²) in [5.41, 5.74) is 0. The number of rotatable bonds is 4. The van der Waals surface area contributed by atoms with E-state index >= 15 is 0 Å². The van der Waals surface area contributed by atoms with Crippen molar-refractivity contribution in [2.24, 2.45) is 11.8 Å².